The fraction of sp³-hybridized carbons (Fsp3) is 0.364. The van der Waals surface area contributed by atoms with Crippen LogP contribution in [0.3, 0.4) is 0 Å². The summed E-state index contributed by atoms with van der Waals surface area (Å²) in [6.45, 7) is 7.76. The summed E-state index contributed by atoms with van der Waals surface area (Å²) in [5.74, 6) is -2.68. The van der Waals surface area contributed by atoms with Crippen molar-refractivity contribution in [2.45, 2.75) is 52.6 Å². The highest BCUT2D eigenvalue weighted by atomic mass is 19.4. The van der Waals surface area contributed by atoms with Crippen molar-refractivity contribution in [3.63, 3.8) is 0 Å². The first kappa shape index (κ1) is 24.0. The second kappa shape index (κ2) is 9.47. The Morgan fingerprint density at radius 1 is 1.18 bits per heavy atom. The normalized spacial score (nSPS) is 13.0. The van der Waals surface area contributed by atoms with E-state index in [4.69, 9.17) is 15.0 Å². The van der Waals surface area contributed by atoms with E-state index < -0.39 is 12.1 Å². The van der Waals surface area contributed by atoms with Crippen LogP contribution in [0.5, 0.6) is 0 Å². The zero-order valence-corrected chi connectivity index (χ0v) is 18.4. The van der Waals surface area contributed by atoms with Crippen LogP contribution in [0.2, 0.25) is 0 Å². The molecule has 1 amide bonds. The molecule has 0 bridgehead atoms. The van der Waals surface area contributed by atoms with Gasteiger partial charge >= 0.3 is 12.1 Å². The lowest BCUT2D eigenvalue weighted by Gasteiger charge is -2.21. The number of hydrogen-bond acceptors (Lipinski definition) is 4. The molecule has 0 spiro atoms. The number of carboxylic acids is 1. The molecule has 33 heavy (non-hydrogen) atoms. The molecule has 1 aliphatic heterocycles. The number of alkyl halides is 3. The number of hydrogen-bond donors (Lipinski definition) is 1. The second-order valence-corrected chi connectivity index (χ2v) is 7.88. The number of nitrogens with zero attached hydrogens (tertiary/aromatic N) is 5. The van der Waals surface area contributed by atoms with Gasteiger partial charge in [0.2, 0.25) is 5.91 Å². The smallest absolute Gasteiger partial charge is 0.475 e. The van der Waals surface area contributed by atoms with E-state index in [0.717, 1.165) is 28.2 Å². The number of aliphatic carboxylic acids is 1. The number of amides is 1. The molecule has 11 heteroatoms. The van der Waals surface area contributed by atoms with Crippen LogP contribution in [0.15, 0.2) is 42.9 Å². The molecule has 4 rings (SSSR count). The third kappa shape index (κ3) is 5.60. The van der Waals surface area contributed by atoms with E-state index in [2.05, 4.69) is 35.7 Å². The van der Waals surface area contributed by atoms with Crippen LogP contribution in [0.25, 0.3) is 11.3 Å². The molecule has 3 aromatic rings. The molecule has 0 aromatic carbocycles. The Labute approximate surface area is 188 Å². The highest BCUT2D eigenvalue weighted by Crippen LogP contribution is 2.34. The first-order chi connectivity index (χ1) is 15.5. The minimum Gasteiger partial charge on any atom is -0.475 e. The Bertz CT molecular complexity index is 1140. The van der Waals surface area contributed by atoms with Crippen molar-refractivity contribution in [1.29, 1.82) is 0 Å². The average molecular weight is 463 g/mol. The van der Waals surface area contributed by atoms with Gasteiger partial charge in [-0.1, -0.05) is 6.07 Å². The van der Waals surface area contributed by atoms with Crippen LogP contribution in [-0.4, -0.2) is 47.4 Å². The molecule has 0 saturated carbocycles. The summed E-state index contributed by atoms with van der Waals surface area (Å²) in [4.78, 5) is 27.3. The third-order valence-electron chi connectivity index (χ3n) is 5.11. The van der Waals surface area contributed by atoms with Gasteiger partial charge in [0.05, 0.1) is 24.5 Å². The van der Waals surface area contributed by atoms with Gasteiger partial charge in [-0.15, -0.1) is 0 Å². The maximum Gasteiger partial charge on any atom is 0.490 e. The standard InChI is InChI=1S/C20H23N5O.C2HF3O2/c1-14(2)25-9-7-18-19(25)13-23(15(3)26)10-16-11-24(22-20(16)18)12-17-6-4-5-8-21-17;3-2(4,5)1(6)7/h4-9,11,14H,10,12-13H2,1-3H3;(H,6,7). The number of fused-ring (bicyclic) bond motifs is 3. The Kier molecular flexibility index (Phi) is 6.89. The topological polar surface area (TPSA) is 93.3 Å². The average Bonchev–Trinajstić information content (AvgIpc) is 3.28. The van der Waals surface area contributed by atoms with Crippen molar-refractivity contribution in [3.8, 4) is 11.3 Å². The van der Waals surface area contributed by atoms with Crippen LogP contribution in [0, 0.1) is 0 Å². The van der Waals surface area contributed by atoms with E-state index in [9.17, 15) is 18.0 Å². The molecule has 0 atom stereocenters. The molecule has 0 fully saturated rings. The van der Waals surface area contributed by atoms with Crippen molar-refractivity contribution in [3.05, 3.63) is 59.8 Å². The summed E-state index contributed by atoms with van der Waals surface area (Å²) in [6, 6.07) is 8.35. The third-order valence-corrected chi connectivity index (χ3v) is 5.11. The maximum atomic E-state index is 12.2. The van der Waals surface area contributed by atoms with Gasteiger partial charge in [-0.05, 0) is 32.0 Å². The van der Waals surface area contributed by atoms with Crippen molar-refractivity contribution in [1.82, 2.24) is 24.2 Å². The van der Waals surface area contributed by atoms with Gasteiger partial charge in [-0.3, -0.25) is 14.5 Å². The number of pyridine rings is 1. The molecule has 3 aromatic heterocycles. The van der Waals surface area contributed by atoms with Crippen LogP contribution in [0.1, 0.15) is 43.8 Å². The molecule has 0 radical (unpaired) electrons. The molecule has 1 N–H and O–H groups in total. The second-order valence-electron chi connectivity index (χ2n) is 7.88. The molecule has 0 aliphatic carbocycles. The largest absolute Gasteiger partial charge is 0.490 e. The van der Waals surface area contributed by atoms with E-state index in [-0.39, 0.29) is 5.91 Å². The van der Waals surface area contributed by atoms with Crippen LogP contribution in [0.4, 0.5) is 13.2 Å². The number of aromatic nitrogens is 4. The summed E-state index contributed by atoms with van der Waals surface area (Å²) in [5, 5.41) is 12.0. The molecule has 0 saturated heterocycles. The van der Waals surface area contributed by atoms with Crippen molar-refractivity contribution in [2.24, 2.45) is 0 Å². The Hall–Kier alpha value is -3.63. The Balaban J connectivity index is 0.000000383. The predicted octanol–water partition coefficient (Wildman–Crippen LogP) is 3.87. The first-order valence-corrected chi connectivity index (χ1v) is 10.2. The highest BCUT2D eigenvalue weighted by molar-refractivity contribution is 5.76. The summed E-state index contributed by atoms with van der Waals surface area (Å²) in [6.07, 6.45) is 0.852. The SMILES string of the molecule is CC(=O)N1Cc2cn(Cc3ccccn3)nc2-c2ccn(C(C)C)c2C1.O=C(O)C(F)(F)F. The monoisotopic (exact) mass is 463 g/mol. The maximum absolute atomic E-state index is 12.2. The van der Waals surface area contributed by atoms with Crippen molar-refractivity contribution in [2.75, 3.05) is 0 Å². The number of carbonyl (C=O) groups is 2. The lowest BCUT2D eigenvalue weighted by Crippen LogP contribution is -2.28. The van der Waals surface area contributed by atoms with Crippen molar-refractivity contribution < 1.29 is 27.9 Å². The lowest BCUT2D eigenvalue weighted by molar-refractivity contribution is -0.192. The van der Waals surface area contributed by atoms with Crippen molar-refractivity contribution >= 4 is 11.9 Å². The fourth-order valence-corrected chi connectivity index (χ4v) is 3.56. The van der Waals surface area contributed by atoms with Crippen LogP contribution in [-0.2, 0) is 29.2 Å². The van der Waals surface area contributed by atoms with Gasteiger partial charge in [-0.25, -0.2) is 4.79 Å². The van der Waals surface area contributed by atoms with Gasteiger partial charge in [-0.2, -0.15) is 18.3 Å². The van der Waals surface area contributed by atoms with Crippen LogP contribution < -0.4 is 0 Å². The van der Waals surface area contributed by atoms with Gasteiger partial charge in [0.25, 0.3) is 0 Å². The minimum atomic E-state index is -5.08. The molecular weight excluding hydrogens is 439 g/mol. The fourth-order valence-electron chi connectivity index (χ4n) is 3.56. The molecule has 176 valence electrons. The van der Waals surface area contributed by atoms with E-state index >= 15 is 0 Å². The van der Waals surface area contributed by atoms with Crippen LogP contribution >= 0.6 is 0 Å². The number of carbonyl (C=O) groups excluding carboxylic acids is 1. The molecule has 4 heterocycles. The highest BCUT2D eigenvalue weighted by Gasteiger charge is 2.38. The predicted molar refractivity (Wildman–Crippen MR) is 113 cm³/mol. The first-order valence-electron chi connectivity index (χ1n) is 10.2. The number of carboxylic acid groups (broad SMARTS) is 1. The molecule has 0 unspecified atom stereocenters. The van der Waals surface area contributed by atoms with Gasteiger partial charge in [0, 0.05) is 54.9 Å². The Morgan fingerprint density at radius 3 is 2.42 bits per heavy atom. The Morgan fingerprint density at radius 2 is 1.88 bits per heavy atom. The molecular formula is C22H24F3N5O3. The van der Waals surface area contributed by atoms with E-state index in [1.165, 1.54) is 0 Å². The van der Waals surface area contributed by atoms with Gasteiger partial charge in [0.15, 0.2) is 0 Å². The molecule has 8 nitrogen and oxygen atoms in total. The quantitative estimate of drug-likeness (QED) is 0.637. The van der Waals surface area contributed by atoms with Gasteiger partial charge < -0.3 is 14.6 Å². The summed E-state index contributed by atoms with van der Waals surface area (Å²) >= 11 is 0. The van der Waals surface area contributed by atoms with E-state index in [0.29, 0.717) is 25.7 Å². The zero-order chi connectivity index (χ0) is 24.3. The molecule has 1 aliphatic rings. The summed E-state index contributed by atoms with van der Waals surface area (Å²) in [7, 11) is 0. The number of halogens is 3. The minimum absolute atomic E-state index is 0.0813. The van der Waals surface area contributed by atoms with E-state index in [1.807, 2.05) is 34.0 Å². The summed E-state index contributed by atoms with van der Waals surface area (Å²) in [5.41, 5.74) is 5.29. The zero-order valence-electron chi connectivity index (χ0n) is 18.4. The van der Waals surface area contributed by atoms with E-state index in [1.54, 1.807) is 13.1 Å². The van der Waals surface area contributed by atoms with Gasteiger partial charge in [0.1, 0.15) is 0 Å². The number of rotatable bonds is 3. The summed E-state index contributed by atoms with van der Waals surface area (Å²) < 4.78 is 35.9. The lowest BCUT2D eigenvalue weighted by atomic mass is 10.1.